The number of fused-ring (bicyclic) bond motifs is 6. The van der Waals surface area contributed by atoms with Crippen LogP contribution in [0.25, 0.3) is 11.1 Å². The molecule has 7 aliphatic rings. The third-order valence-corrected chi connectivity index (χ3v) is 19.1. The number of aliphatic imine (C=N–C) groups is 2. The number of imide groups is 1. The summed E-state index contributed by atoms with van der Waals surface area (Å²) >= 11 is 0. The van der Waals surface area contributed by atoms with Crippen LogP contribution in [-0.4, -0.2) is 209 Å². The maximum atomic E-state index is 14.6. The Bertz CT molecular complexity index is 4140. The molecule has 0 radical (unpaired) electrons. The second-order valence-electron chi connectivity index (χ2n) is 27.4. The van der Waals surface area contributed by atoms with Crippen molar-refractivity contribution in [3.63, 3.8) is 0 Å². The normalized spacial score (nSPS) is 18.6. The molecule has 0 unspecified atom stereocenters. The van der Waals surface area contributed by atoms with Crippen LogP contribution >= 0.6 is 0 Å². The molecular weight excluding hydrogens is 1440 g/mol. The first-order valence-corrected chi connectivity index (χ1v) is 37.2. The van der Waals surface area contributed by atoms with Gasteiger partial charge >= 0.3 is 6.03 Å². The molecule has 0 saturated carbocycles. The van der Waals surface area contributed by atoms with E-state index in [9.17, 15) is 43.2 Å². The summed E-state index contributed by atoms with van der Waals surface area (Å²) in [5, 5.41) is 33.9. The van der Waals surface area contributed by atoms with Crippen molar-refractivity contribution < 1.29 is 102 Å². The first-order valence-electron chi connectivity index (χ1n) is 37.2. The molecule has 7 N–H and O–H groups in total. The van der Waals surface area contributed by atoms with Gasteiger partial charge in [0.15, 0.2) is 23.0 Å². The number of hydrogen-bond donors (Lipinski definition) is 6. The minimum atomic E-state index is -1.16. The Hall–Kier alpha value is -11.1. The van der Waals surface area contributed by atoms with Gasteiger partial charge in [-0.25, -0.2) is 9.68 Å². The summed E-state index contributed by atoms with van der Waals surface area (Å²) < 4.78 is 30.9. The molecule has 4 aromatic carbocycles. The number of nitrogens with zero attached hydrogens (tertiary/aromatic N) is 7. The highest BCUT2D eigenvalue weighted by Crippen LogP contribution is 2.43. The number of nitrogens with one attached hydrogen (secondary N) is 5. The van der Waals surface area contributed by atoms with E-state index in [-0.39, 0.29) is 95.7 Å². The second-order valence-corrected chi connectivity index (χ2v) is 27.4. The van der Waals surface area contributed by atoms with E-state index in [0.717, 1.165) is 116 Å². The number of amides is 10. The topological polar surface area (TPSA) is 391 Å². The van der Waals surface area contributed by atoms with Crippen molar-refractivity contribution in [2.75, 3.05) is 109 Å². The average molecular weight is 1540 g/mol. The number of likely N-dealkylation sites (N-methyl/N-ethyl adjacent to an activating group) is 1. The number of carbonyl (C=O) groups excluding carboxylic acids is 9. The quantitative estimate of drug-likeness (QED) is 0.00770. The van der Waals surface area contributed by atoms with Crippen LogP contribution in [0, 0.1) is 5.92 Å². The first kappa shape index (κ1) is 80.9. The standard InChI is InChI=1S/C77H93N13O21/c1-50(2)72(85-69(92)24-36-105-107-109-111-110-108-106-39-38-100-37-26-79-68(91)23-27-88-70(93)21-22-71(88)94)74(96)84-61(12-10-25-80-77(78)99)73(95)83-55-17-13-51(14-18-55)53-40-57-46-81-62-44-66-64(42-59(62)75(97)89(57)48-53)101-32-8-6-4-5-7-9-33-102-65-43-60-63(45-67(65)104-35-11-34-103-66)82-47-58-41-54(49-90(58)76(60)98)52-15-19-56(20-16-52)87-30-28-86(3)29-31-87/h13-22,24,36,42-50,57-58,61,72H,4-12,23,25-35,37-41H2,1-3H3,(H,79,91)(H,83,95)(H,84,96)(H,85,92)(H3,78,80,99)/b36-24+/t57-,58-,61-,72-/m0/s1. The predicted octanol–water partition coefficient (Wildman–Crippen LogP) is 6.92. The van der Waals surface area contributed by atoms with E-state index >= 15 is 0 Å². The van der Waals surface area contributed by atoms with E-state index in [1.165, 1.54) is 5.69 Å². The highest BCUT2D eigenvalue weighted by Gasteiger charge is 2.37. The fraction of sp³-hybridized carbons (Fsp3) is 0.442. The molecule has 11 rings (SSSR count). The largest absolute Gasteiger partial charge is 0.490 e. The van der Waals surface area contributed by atoms with Crippen molar-refractivity contribution in [1.29, 1.82) is 0 Å². The zero-order chi connectivity index (χ0) is 78.0. The van der Waals surface area contributed by atoms with E-state index in [4.69, 9.17) is 39.4 Å². The summed E-state index contributed by atoms with van der Waals surface area (Å²) in [7, 11) is 2.15. The monoisotopic (exact) mass is 1540 g/mol. The minimum absolute atomic E-state index is 0.00896. The van der Waals surface area contributed by atoms with Gasteiger partial charge in [-0.05, 0) is 107 Å². The summed E-state index contributed by atoms with van der Waals surface area (Å²) in [6, 6.07) is 18.9. The van der Waals surface area contributed by atoms with Crippen LogP contribution in [0.2, 0.25) is 0 Å². The maximum absolute atomic E-state index is 14.6. The molecule has 111 heavy (non-hydrogen) atoms. The van der Waals surface area contributed by atoms with Gasteiger partial charge in [-0.1, -0.05) is 63.8 Å². The maximum Gasteiger partial charge on any atom is 0.312 e. The molecule has 7 aliphatic heterocycles. The smallest absolute Gasteiger partial charge is 0.312 e. The fourth-order valence-corrected chi connectivity index (χ4v) is 13.1. The summed E-state index contributed by atoms with van der Waals surface area (Å²) in [6.45, 7) is 8.90. The van der Waals surface area contributed by atoms with Crippen molar-refractivity contribution in [2.45, 2.75) is 115 Å². The lowest BCUT2D eigenvalue weighted by Crippen LogP contribution is -2.54. The van der Waals surface area contributed by atoms with Gasteiger partial charge in [0.05, 0.1) is 74.2 Å². The number of anilines is 2. The van der Waals surface area contributed by atoms with Crippen molar-refractivity contribution in [2.24, 2.45) is 21.6 Å². The number of carbonyl (C=O) groups is 9. The average Bonchev–Trinajstić information content (AvgIpc) is 1.60. The number of piperazine rings is 1. The Balaban J connectivity index is 0.635. The zero-order valence-electron chi connectivity index (χ0n) is 62.1. The van der Waals surface area contributed by atoms with Crippen LogP contribution in [0.3, 0.4) is 0 Å². The van der Waals surface area contributed by atoms with Gasteiger partial charge in [0, 0.05) is 153 Å². The van der Waals surface area contributed by atoms with E-state index in [1.807, 2.05) is 12.4 Å². The Kier molecular flexibility index (Phi) is 29.5. The van der Waals surface area contributed by atoms with Gasteiger partial charge in [0.2, 0.25) is 23.6 Å². The highest BCUT2D eigenvalue weighted by molar-refractivity contribution is 6.13. The molecule has 1 fully saturated rings. The first-order chi connectivity index (χ1) is 53.9. The Labute approximate surface area is 640 Å². The third kappa shape index (κ3) is 23.0. The number of ether oxygens (including phenoxy) is 5. The number of urea groups is 1. The van der Waals surface area contributed by atoms with Crippen molar-refractivity contribution in [3.8, 4) is 23.0 Å². The molecule has 0 aliphatic carbocycles. The minimum Gasteiger partial charge on any atom is -0.490 e. The van der Waals surface area contributed by atoms with Crippen LogP contribution in [0.4, 0.5) is 27.5 Å². The van der Waals surface area contributed by atoms with Gasteiger partial charge in [0.25, 0.3) is 23.6 Å². The van der Waals surface area contributed by atoms with Crippen molar-refractivity contribution >= 4 is 99.6 Å². The van der Waals surface area contributed by atoms with Crippen LogP contribution in [0.1, 0.15) is 123 Å². The SMILES string of the molecule is CC(C)[C@H](NC(=O)/C=C/OOOOOOOCCOCCNC(=O)CCN1C(=O)C=CC1=O)C(=O)N[C@@H](CCCNC(N)=O)C(=O)Nc1ccc(C2=CN3C(=O)c4cc5c(cc4N=C[C@@H]3C2)OCCCOc2cc3c(cc2OCCCCCCCCO5)C(=O)N2C=C(c4ccc(N5CCN(C)CC5)cc4)C[C@H]2C=N3)cc1. The Morgan fingerprint density at radius 1 is 0.613 bits per heavy atom. The third-order valence-electron chi connectivity index (χ3n) is 19.1. The molecule has 34 nitrogen and oxygen atoms in total. The van der Waals surface area contributed by atoms with Crippen molar-refractivity contribution in [3.05, 3.63) is 132 Å². The zero-order valence-corrected chi connectivity index (χ0v) is 62.1. The van der Waals surface area contributed by atoms with Crippen LogP contribution in [0.5, 0.6) is 23.0 Å². The number of hydrogen-bond acceptors (Lipinski definition) is 25. The Morgan fingerprint density at radius 2 is 1.16 bits per heavy atom. The van der Waals surface area contributed by atoms with E-state index in [1.54, 1.807) is 84.6 Å². The van der Waals surface area contributed by atoms with Crippen LogP contribution in [-0.2, 0) is 68.5 Å². The lowest BCUT2D eigenvalue weighted by molar-refractivity contribution is -0.786. The molecule has 10 amide bonds. The molecule has 0 aromatic heterocycles. The van der Waals surface area contributed by atoms with Crippen LogP contribution < -0.4 is 56.2 Å². The number of primary amides is 1. The lowest BCUT2D eigenvalue weighted by Gasteiger charge is -2.34. The fourth-order valence-electron chi connectivity index (χ4n) is 13.1. The van der Waals surface area contributed by atoms with Gasteiger partial charge in [-0.2, -0.15) is 0 Å². The van der Waals surface area contributed by atoms with Gasteiger partial charge in [-0.15, -0.1) is 0 Å². The second kappa shape index (κ2) is 40.5. The van der Waals surface area contributed by atoms with Crippen LogP contribution in [0.15, 0.2) is 120 Å². The molecule has 0 bridgehead atoms. The number of rotatable bonds is 30. The molecule has 4 aromatic rings. The molecule has 1 saturated heterocycles. The van der Waals surface area contributed by atoms with E-state index in [2.05, 4.69) is 103 Å². The van der Waals surface area contributed by atoms with E-state index in [0.29, 0.717) is 83.7 Å². The summed E-state index contributed by atoms with van der Waals surface area (Å²) in [4.78, 5) is 144. The van der Waals surface area contributed by atoms with Gasteiger partial charge < -0.3 is 80.5 Å². The van der Waals surface area contributed by atoms with Crippen molar-refractivity contribution in [1.82, 2.24) is 40.9 Å². The molecule has 7 heterocycles. The number of benzene rings is 4. The van der Waals surface area contributed by atoms with Gasteiger partial charge in [0.1, 0.15) is 25.0 Å². The lowest BCUT2D eigenvalue weighted by atomic mass is 10.0. The molecule has 4 atom stereocenters. The summed E-state index contributed by atoms with van der Waals surface area (Å²) in [6.07, 6.45) is 18.4. The molecule has 592 valence electrons. The molecule has 0 spiro atoms. The molecular formula is C77H93N13O21. The van der Waals surface area contributed by atoms with Gasteiger partial charge in [-0.3, -0.25) is 53.2 Å². The summed E-state index contributed by atoms with van der Waals surface area (Å²) in [5.41, 5.74) is 12.4. The Morgan fingerprint density at radius 3 is 1.75 bits per heavy atom. The number of nitrogens with two attached hydrogens (primary N) is 1. The predicted molar refractivity (Wildman–Crippen MR) is 401 cm³/mol. The highest BCUT2D eigenvalue weighted by atomic mass is 17.9. The summed E-state index contributed by atoms with van der Waals surface area (Å²) in [5.74, 6) is -2.52. The molecule has 34 heteroatoms. The van der Waals surface area contributed by atoms with E-state index < -0.39 is 59.6 Å².